The third-order valence-electron chi connectivity index (χ3n) is 2.45. The van der Waals surface area contributed by atoms with Crippen LogP contribution in [-0.2, 0) is 11.3 Å². The van der Waals surface area contributed by atoms with E-state index in [4.69, 9.17) is 23.2 Å². The number of nitrogens with zero attached hydrogens (tertiary/aromatic N) is 3. The number of carbonyl (C=O) groups is 2. The number of anilines is 1. The molecule has 6 nitrogen and oxygen atoms in total. The molecular weight excluding hydrogens is 303 g/mol. The summed E-state index contributed by atoms with van der Waals surface area (Å²) in [5, 5.41) is 10.9. The molecule has 104 valence electrons. The summed E-state index contributed by atoms with van der Waals surface area (Å²) in [7, 11) is 0. The molecule has 0 aliphatic heterocycles. The van der Waals surface area contributed by atoms with Crippen LogP contribution in [0, 0.1) is 0 Å². The monoisotopic (exact) mass is 312 g/mol. The van der Waals surface area contributed by atoms with Gasteiger partial charge in [0.15, 0.2) is 6.29 Å². The van der Waals surface area contributed by atoms with Crippen LogP contribution in [0.4, 0.5) is 5.69 Å². The van der Waals surface area contributed by atoms with Gasteiger partial charge in [0.05, 0.1) is 23.5 Å². The van der Waals surface area contributed by atoms with Crippen molar-refractivity contribution in [3.05, 3.63) is 40.1 Å². The summed E-state index contributed by atoms with van der Waals surface area (Å²) in [5.41, 5.74) is 0.680. The smallest absolute Gasteiger partial charge is 0.226 e. The largest absolute Gasteiger partial charge is 0.325 e. The lowest BCUT2D eigenvalue weighted by Gasteiger charge is -2.07. The van der Waals surface area contributed by atoms with E-state index in [0.717, 1.165) is 0 Å². The standard InChI is InChI=1S/C12H10Cl2N4O2/c13-8-1-2-10(14)11(5-8)15-12(20)3-4-18-6-9(7-19)16-17-18/h1-2,5-7H,3-4H2,(H,15,20). The van der Waals surface area contributed by atoms with E-state index in [9.17, 15) is 9.59 Å². The molecule has 0 spiro atoms. The number of nitrogens with one attached hydrogen (secondary N) is 1. The maximum absolute atomic E-state index is 11.8. The quantitative estimate of drug-likeness (QED) is 0.860. The third kappa shape index (κ3) is 3.79. The molecule has 0 saturated heterocycles. The molecule has 0 saturated carbocycles. The minimum Gasteiger partial charge on any atom is -0.325 e. The van der Waals surface area contributed by atoms with Gasteiger partial charge in [0, 0.05) is 11.4 Å². The molecule has 8 heteroatoms. The van der Waals surface area contributed by atoms with Crippen LogP contribution < -0.4 is 5.32 Å². The molecule has 0 atom stereocenters. The number of hydrogen-bond acceptors (Lipinski definition) is 4. The Morgan fingerprint density at radius 2 is 2.20 bits per heavy atom. The highest BCUT2D eigenvalue weighted by molar-refractivity contribution is 6.35. The summed E-state index contributed by atoms with van der Waals surface area (Å²) in [5.74, 6) is -0.239. The number of halogens is 2. The Balaban J connectivity index is 1.92. The van der Waals surface area contributed by atoms with Crippen molar-refractivity contribution < 1.29 is 9.59 Å². The molecule has 1 heterocycles. The van der Waals surface area contributed by atoms with Crippen molar-refractivity contribution in [3.8, 4) is 0 Å². The summed E-state index contributed by atoms with van der Waals surface area (Å²) >= 11 is 11.8. The van der Waals surface area contributed by atoms with Gasteiger partial charge in [0.2, 0.25) is 5.91 Å². The molecule has 0 aliphatic rings. The third-order valence-corrected chi connectivity index (χ3v) is 3.01. The topological polar surface area (TPSA) is 76.9 Å². The first-order valence-electron chi connectivity index (χ1n) is 5.68. The molecule has 20 heavy (non-hydrogen) atoms. The zero-order valence-electron chi connectivity index (χ0n) is 10.2. The second-order valence-electron chi connectivity index (χ2n) is 3.95. The summed E-state index contributed by atoms with van der Waals surface area (Å²) < 4.78 is 1.42. The van der Waals surface area contributed by atoms with Gasteiger partial charge in [0.25, 0.3) is 0 Å². The first kappa shape index (κ1) is 14.5. The molecule has 2 rings (SSSR count). The Morgan fingerprint density at radius 1 is 1.40 bits per heavy atom. The van der Waals surface area contributed by atoms with Crippen LogP contribution in [0.15, 0.2) is 24.4 Å². The molecule has 0 bridgehead atoms. The predicted molar refractivity (Wildman–Crippen MR) is 75.1 cm³/mol. The molecule has 1 amide bonds. The van der Waals surface area contributed by atoms with Crippen molar-refractivity contribution in [3.63, 3.8) is 0 Å². The van der Waals surface area contributed by atoms with E-state index in [-0.39, 0.29) is 18.0 Å². The van der Waals surface area contributed by atoms with Crippen LogP contribution in [0.2, 0.25) is 10.0 Å². The molecule has 1 N–H and O–H groups in total. The van der Waals surface area contributed by atoms with E-state index in [2.05, 4.69) is 15.6 Å². The number of aryl methyl sites for hydroxylation is 1. The molecule has 1 aromatic heterocycles. The zero-order chi connectivity index (χ0) is 14.5. The highest BCUT2D eigenvalue weighted by Crippen LogP contribution is 2.25. The van der Waals surface area contributed by atoms with Crippen LogP contribution in [0.25, 0.3) is 0 Å². The fourth-order valence-electron chi connectivity index (χ4n) is 1.50. The van der Waals surface area contributed by atoms with Crippen LogP contribution in [0.1, 0.15) is 16.9 Å². The number of amides is 1. The van der Waals surface area contributed by atoms with Gasteiger partial charge < -0.3 is 5.32 Å². The fraction of sp³-hybridized carbons (Fsp3) is 0.167. The Hall–Kier alpha value is -1.92. The summed E-state index contributed by atoms with van der Waals surface area (Å²) in [4.78, 5) is 22.2. The van der Waals surface area contributed by atoms with E-state index in [1.165, 1.54) is 10.9 Å². The second kappa shape index (κ2) is 6.49. The van der Waals surface area contributed by atoms with Gasteiger partial charge >= 0.3 is 0 Å². The van der Waals surface area contributed by atoms with Crippen molar-refractivity contribution in [1.82, 2.24) is 15.0 Å². The molecule has 0 aliphatic carbocycles. The lowest BCUT2D eigenvalue weighted by molar-refractivity contribution is -0.116. The highest BCUT2D eigenvalue weighted by atomic mass is 35.5. The summed E-state index contributed by atoms with van der Waals surface area (Å²) in [6.45, 7) is 0.310. The van der Waals surface area contributed by atoms with Crippen molar-refractivity contribution in [2.75, 3.05) is 5.32 Å². The number of rotatable bonds is 5. The van der Waals surface area contributed by atoms with Gasteiger partial charge in [-0.1, -0.05) is 28.4 Å². The lowest BCUT2D eigenvalue weighted by Crippen LogP contribution is -2.15. The predicted octanol–water partition coefficient (Wildman–Crippen LogP) is 2.43. The number of carbonyl (C=O) groups excluding carboxylic acids is 2. The Bertz CT molecular complexity index is 642. The average Bonchev–Trinajstić information content (AvgIpc) is 2.89. The Kier molecular flexibility index (Phi) is 4.70. The van der Waals surface area contributed by atoms with Crippen molar-refractivity contribution in [2.24, 2.45) is 0 Å². The Labute approximate surface area is 124 Å². The molecule has 0 unspecified atom stereocenters. The number of aldehydes is 1. The van der Waals surface area contributed by atoms with Crippen LogP contribution in [0.3, 0.4) is 0 Å². The zero-order valence-corrected chi connectivity index (χ0v) is 11.7. The van der Waals surface area contributed by atoms with Gasteiger partial charge in [0.1, 0.15) is 5.69 Å². The minimum atomic E-state index is -0.239. The van der Waals surface area contributed by atoms with Crippen LogP contribution in [-0.4, -0.2) is 27.2 Å². The Morgan fingerprint density at radius 3 is 2.90 bits per heavy atom. The number of aromatic nitrogens is 3. The van der Waals surface area contributed by atoms with E-state index in [1.807, 2.05) is 0 Å². The number of benzene rings is 1. The molecule has 0 fully saturated rings. The van der Waals surface area contributed by atoms with E-state index >= 15 is 0 Å². The molecule has 2 aromatic rings. The van der Waals surface area contributed by atoms with E-state index in [1.54, 1.807) is 18.2 Å². The maximum atomic E-state index is 11.8. The first-order valence-corrected chi connectivity index (χ1v) is 6.44. The molecule has 0 radical (unpaired) electrons. The average molecular weight is 313 g/mol. The van der Waals surface area contributed by atoms with Crippen molar-refractivity contribution in [1.29, 1.82) is 0 Å². The number of hydrogen-bond donors (Lipinski definition) is 1. The van der Waals surface area contributed by atoms with Gasteiger partial charge in [-0.25, -0.2) is 0 Å². The molecular formula is C12H10Cl2N4O2. The van der Waals surface area contributed by atoms with Gasteiger partial charge in [-0.3, -0.25) is 14.3 Å². The van der Waals surface area contributed by atoms with Gasteiger partial charge in [-0.15, -0.1) is 5.10 Å². The van der Waals surface area contributed by atoms with Gasteiger partial charge in [-0.2, -0.15) is 0 Å². The van der Waals surface area contributed by atoms with Crippen molar-refractivity contribution >= 4 is 41.1 Å². The van der Waals surface area contributed by atoms with Gasteiger partial charge in [-0.05, 0) is 18.2 Å². The van der Waals surface area contributed by atoms with E-state index < -0.39 is 0 Å². The first-order chi connectivity index (χ1) is 9.58. The SMILES string of the molecule is O=Cc1cn(CCC(=O)Nc2cc(Cl)ccc2Cl)nn1. The second-order valence-corrected chi connectivity index (χ2v) is 4.79. The molecule has 1 aromatic carbocycles. The summed E-state index contributed by atoms with van der Waals surface area (Å²) in [6, 6.07) is 4.81. The lowest BCUT2D eigenvalue weighted by atomic mass is 10.3. The maximum Gasteiger partial charge on any atom is 0.226 e. The van der Waals surface area contributed by atoms with Crippen LogP contribution in [0.5, 0.6) is 0 Å². The van der Waals surface area contributed by atoms with E-state index in [0.29, 0.717) is 28.6 Å². The van der Waals surface area contributed by atoms with Crippen molar-refractivity contribution in [2.45, 2.75) is 13.0 Å². The highest BCUT2D eigenvalue weighted by Gasteiger charge is 2.08. The normalized spacial score (nSPS) is 10.3. The summed E-state index contributed by atoms with van der Waals surface area (Å²) in [6.07, 6.45) is 2.23. The fourth-order valence-corrected chi connectivity index (χ4v) is 1.84. The minimum absolute atomic E-state index is 0.171. The van der Waals surface area contributed by atoms with Crippen LogP contribution >= 0.6 is 23.2 Å².